The number of nitrogen functional groups attached to an aromatic ring is 1. The molecule has 0 aliphatic heterocycles. The highest BCUT2D eigenvalue weighted by Crippen LogP contribution is 2.28. The lowest BCUT2D eigenvalue weighted by Gasteiger charge is -2.21. The Morgan fingerprint density at radius 3 is 2.78 bits per heavy atom. The number of hydrogen-bond donors (Lipinski definition) is 2. The summed E-state index contributed by atoms with van der Waals surface area (Å²) in [6, 6.07) is 1.78. The molecule has 0 bridgehead atoms. The van der Waals surface area contributed by atoms with Gasteiger partial charge in [-0.05, 0) is 31.4 Å². The molecule has 0 spiro atoms. The van der Waals surface area contributed by atoms with Gasteiger partial charge >= 0.3 is 0 Å². The Hall–Kier alpha value is -1.42. The Balaban J connectivity index is 2.29. The molecular weight excluding hydrogens is 226 g/mol. The monoisotopic (exact) mass is 247 g/mol. The van der Waals surface area contributed by atoms with E-state index in [2.05, 4.69) is 4.98 Å². The average molecular weight is 247 g/mol. The summed E-state index contributed by atoms with van der Waals surface area (Å²) in [5.41, 5.74) is 13.4. The van der Waals surface area contributed by atoms with Crippen LogP contribution >= 0.6 is 0 Å². The van der Waals surface area contributed by atoms with Crippen LogP contribution in [0, 0.1) is 12.8 Å². The number of nitrogens with two attached hydrogens (primary N) is 2. The number of carbonyl (C=O) groups is 1. The minimum absolute atomic E-state index is 0.0426. The molecule has 2 rings (SSSR count). The lowest BCUT2D eigenvalue weighted by Crippen LogP contribution is -2.35. The molecule has 1 aromatic heterocycles. The highest BCUT2D eigenvalue weighted by Gasteiger charge is 2.29. The first kappa shape index (κ1) is 13.0. The van der Waals surface area contributed by atoms with Crippen LogP contribution in [0.5, 0.6) is 0 Å². The standard InChI is InChI=1S/C14H21N3O/c1-9-7-8-17-14(16)12(9)13(18)10-5-3-2-4-6-11(10)15/h7-8,10-11H,2-6,15H2,1H3,(H2,16,17). The minimum atomic E-state index is -0.0994. The molecule has 4 N–H and O–H groups in total. The van der Waals surface area contributed by atoms with Crippen molar-refractivity contribution in [1.82, 2.24) is 4.98 Å². The second-order valence-electron chi connectivity index (χ2n) is 5.16. The van der Waals surface area contributed by atoms with Gasteiger partial charge in [-0.3, -0.25) is 4.79 Å². The molecule has 1 fully saturated rings. The van der Waals surface area contributed by atoms with Crippen LogP contribution in [0.3, 0.4) is 0 Å². The molecule has 0 amide bonds. The summed E-state index contributed by atoms with van der Waals surface area (Å²) < 4.78 is 0. The van der Waals surface area contributed by atoms with Gasteiger partial charge in [-0.1, -0.05) is 19.3 Å². The number of nitrogens with zero attached hydrogens (tertiary/aromatic N) is 1. The molecule has 98 valence electrons. The van der Waals surface area contributed by atoms with Gasteiger partial charge in [0.15, 0.2) is 5.78 Å². The van der Waals surface area contributed by atoms with Crippen molar-refractivity contribution in [1.29, 1.82) is 0 Å². The van der Waals surface area contributed by atoms with E-state index in [-0.39, 0.29) is 17.7 Å². The molecule has 2 atom stereocenters. The topological polar surface area (TPSA) is 82.0 Å². The molecule has 1 aliphatic rings. The molecule has 0 aromatic carbocycles. The lowest BCUT2D eigenvalue weighted by molar-refractivity contribution is 0.0895. The van der Waals surface area contributed by atoms with Gasteiger partial charge in [-0.15, -0.1) is 0 Å². The molecule has 1 aliphatic carbocycles. The molecule has 2 unspecified atom stereocenters. The number of rotatable bonds is 2. The third-order valence-electron chi connectivity index (χ3n) is 3.84. The van der Waals surface area contributed by atoms with Gasteiger partial charge in [0.1, 0.15) is 5.82 Å². The second kappa shape index (κ2) is 5.48. The SMILES string of the molecule is Cc1ccnc(N)c1C(=O)C1CCCCCC1N. The summed E-state index contributed by atoms with van der Waals surface area (Å²) in [6.45, 7) is 1.90. The molecular formula is C14H21N3O. The summed E-state index contributed by atoms with van der Waals surface area (Å²) in [7, 11) is 0. The average Bonchev–Trinajstić information content (AvgIpc) is 2.53. The van der Waals surface area contributed by atoms with E-state index in [0.29, 0.717) is 11.4 Å². The molecule has 18 heavy (non-hydrogen) atoms. The fraction of sp³-hybridized carbons (Fsp3) is 0.571. The van der Waals surface area contributed by atoms with Crippen LogP contribution in [0.2, 0.25) is 0 Å². The van der Waals surface area contributed by atoms with E-state index in [0.717, 1.165) is 31.2 Å². The zero-order valence-electron chi connectivity index (χ0n) is 10.9. The lowest BCUT2D eigenvalue weighted by atomic mass is 9.86. The van der Waals surface area contributed by atoms with E-state index in [1.165, 1.54) is 6.42 Å². The summed E-state index contributed by atoms with van der Waals surface area (Å²) in [4.78, 5) is 16.6. The van der Waals surface area contributed by atoms with Crippen LogP contribution in [0.1, 0.15) is 48.0 Å². The molecule has 1 heterocycles. The summed E-state index contributed by atoms with van der Waals surface area (Å²) in [5.74, 6) is 0.307. The van der Waals surface area contributed by atoms with E-state index in [1.807, 2.05) is 13.0 Å². The predicted octanol–water partition coefficient (Wildman–Crippen LogP) is 2.06. The maximum atomic E-state index is 12.6. The van der Waals surface area contributed by atoms with Crippen molar-refractivity contribution < 1.29 is 4.79 Å². The summed E-state index contributed by atoms with van der Waals surface area (Å²) in [5, 5.41) is 0. The van der Waals surface area contributed by atoms with Crippen molar-refractivity contribution in [3.8, 4) is 0 Å². The number of Topliss-reactive ketones (excluding diaryl/α,β-unsaturated/α-hetero) is 1. The number of aryl methyl sites for hydroxylation is 1. The number of aromatic nitrogens is 1. The van der Waals surface area contributed by atoms with Crippen molar-refractivity contribution in [3.05, 3.63) is 23.4 Å². The molecule has 0 saturated heterocycles. The van der Waals surface area contributed by atoms with Crippen molar-refractivity contribution >= 4 is 11.6 Å². The van der Waals surface area contributed by atoms with Crippen molar-refractivity contribution in [2.45, 2.75) is 45.1 Å². The smallest absolute Gasteiger partial charge is 0.171 e. The number of anilines is 1. The Morgan fingerprint density at radius 1 is 1.33 bits per heavy atom. The number of ketones is 1. The normalized spacial score (nSPS) is 24.6. The Morgan fingerprint density at radius 2 is 2.06 bits per heavy atom. The van der Waals surface area contributed by atoms with Crippen molar-refractivity contribution in [2.24, 2.45) is 11.7 Å². The zero-order chi connectivity index (χ0) is 13.1. The van der Waals surface area contributed by atoms with Gasteiger partial charge in [0.2, 0.25) is 0 Å². The molecule has 1 saturated carbocycles. The quantitative estimate of drug-likeness (QED) is 0.619. The first-order valence-corrected chi connectivity index (χ1v) is 6.62. The minimum Gasteiger partial charge on any atom is -0.383 e. The van der Waals surface area contributed by atoms with Gasteiger partial charge < -0.3 is 11.5 Å². The fourth-order valence-electron chi connectivity index (χ4n) is 2.75. The van der Waals surface area contributed by atoms with Gasteiger partial charge in [0.05, 0.1) is 5.56 Å². The highest BCUT2D eigenvalue weighted by molar-refractivity contribution is 6.03. The van der Waals surface area contributed by atoms with E-state index < -0.39 is 0 Å². The number of carbonyl (C=O) groups excluding carboxylic acids is 1. The second-order valence-corrected chi connectivity index (χ2v) is 5.16. The van der Waals surface area contributed by atoms with Crippen molar-refractivity contribution in [2.75, 3.05) is 5.73 Å². The molecule has 4 nitrogen and oxygen atoms in total. The first-order valence-electron chi connectivity index (χ1n) is 6.62. The first-order chi connectivity index (χ1) is 8.61. The van der Waals surface area contributed by atoms with E-state index in [4.69, 9.17) is 11.5 Å². The predicted molar refractivity (Wildman–Crippen MR) is 72.3 cm³/mol. The van der Waals surface area contributed by atoms with E-state index >= 15 is 0 Å². The maximum absolute atomic E-state index is 12.6. The Labute approximate surface area is 108 Å². The van der Waals surface area contributed by atoms with Crippen LogP contribution in [0.4, 0.5) is 5.82 Å². The van der Waals surface area contributed by atoms with Crippen LogP contribution in [0.25, 0.3) is 0 Å². The van der Waals surface area contributed by atoms with E-state index in [9.17, 15) is 4.79 Å². The van der Waals surface area contributed by atoms with E-state index in [1.54, 1.807) is 6.20 Å². The third kappa shape index (κ3) is 2.53. The molecule has 1 aromatic rings. The Kier molecular flexibility index (Phi) is 3.97. The van der Waals surface area contributed by atoms with Gasteiger partial charge in [-0.2, -0.15) is 0 Å². The van der Waals surface area contributed by atoms with Crippen LogP contribution in [-0.2, 0) is 0 Å². The third-order valence-corrected chi connectivity index (χ3v) is 3.84. The van der Waals surface area contributed by atoms with Crippen molar-refractivity contribution in [3.63, 3.8) is 0 Å². The fourth-order valence-corrected chi connectivity index (χ4v) is 2.75. The highest BCUT2D eigenvalue weighted by atomic mass is 16.1. The largest absolute Gasteiger partial charge is 0.383 e. The Bertz CT molecular complexity index is 424. The maximum Gasteiger partial charge on any atom is 0.171 e. The number of hydrogen-bond acceptors (Lipinski definition) is 4. The van der Waals surface area contributed by atoms with Gasteiger partial charge in [-0.25, -0.2) is 4.98 Å². The van der Waals surface area contributed by atoms with Gasteiger partial charge in [0, 0.05) is 18.2 Å². The van der Waals surface area contributed by atoms with Gasteiger partial charge in [0.25, 0.3) is 0 Å². The van der Waals surface area contributed by atoms with Crippen LogP contribution < -0.4 is 11.5 Å². The zero-order valence-corrected chi connectivity index (χ0v) is 10.9. The van der Waals surface area contributed by atoms with Crippen LogP contribution in [-0.4, -0.2) is 16.8 Å². The molecule has 0 radical (unpaired) electrons. The number of pyridine rings is 1. The van der Waals surface area contributed by atoms with Crippen LogP contribution in [0.15, 0.2) is 12.3 Å². The summed E-state index contributed by atoms with van der Waals surface area (Å²) in [6.07, 6.45) is 6.78. The summed E-state index contributed by atoms with van der Waals surface area (Å²) >= 11 is 0. The molecule has 4 heteroatoms.